The largest absolute Gasteiger partial charge is 0.463 e. The second-order valence-corrected chi connectivity index (χ2v) is 6.06. The second kappa shape index (κ2) is 6.58. The van der Waals surface area contributed by atoms with Crippen molar-refractivity contribution in [2.75, 3.05) is 6.61 Å². The maximum absolute atomic E-state index is 12.2. The summed E-state index contributed by atoms with van der Waals surface area (Å²) in [6, 6.07) is 5.67. The van der Waals surface area contributed by atoms with Gasteiger partial charge in [0.2, 0.25) is 0 Å². The zero-order valence-electron chi connectivity index (χ0n) is 12.1. The Kier molecular flexibility index (Phi) is 5.00. The summed E-state index contributed by atoms with van der Waals surface area (Å²) in [5.41, 5.74) is 3.37. The summed E-state index contributed by atoms with van der Waals surface area (Å²) in [6.45, 7) is 5.97. The lowest BCUT2D eigenvalue weighted by atomic mass is 9.95. The molecule has 1 aromatic carbocycles. The number of carbonyl (C=O) groups excluding carboxylic acids is 1. The quantitative estimate of drug-likeness (QED) is 0.634. The second-order valence-electron chi connectivity index (χ2n) is 4.80. The van der Waals surface area contributed by atoms with Crippen LogP contribution < -0.4 is 10.6 Å². The van der Waals surface area contributed by atoms with Crippen LogP contribution in [0.1, 0.15) is 31.0 Å². The first kappa shape index (κ1) is 16.0. The summed E-state index contributed by atoms with van der Waals surface area (Å²) in [5.74, 6) is -0.334. The molecule has 0 amide bonds. The van der Waals surface area contributed by atoms with Crippen LogP contribution in [-0.4, -0.2) is 17.7 Å². The lowest BCUT2D eigenvalue weighted by Gasteiger charge is -2.30. The molecule has 0 saturated carbocycles. The predicted molar refractivity (Wildman–Crippen MR) is 89.8 cm³/mol. The van der Waals surface area contributed by atoms with Gasteiger partial charge in [-0.1, -0.05) is 28.1 Å². The van der Waals surface area contributed by atoms with E-state index in [1.165, 1.54) is 0 Å². The number of hydrogen-bond donors (Lipinski definition) is 2. The van der Waals surface area contributed by atoms with E-state index in [4.69, 9.17) is 17.0 Å². The third-order valence-electron chi connectivity index (χ3n) is 3.29. The monoisotopic (exact) mass is 368 g/mol. The van der Waals surface area contributed by atoms with E-state index in [1.54, 1.807) is 6.92 Å². The number of esters is 1. The van der Waals surface area contributed by atoms with Crippen LogP contribution in [0.5, 0.6) is 0 Å². The van der Waals surface area contributed by atoms with Crippen LogP contribution in [0.25, 0.3) is 0 Å². The van der Waals surface area contributed by atoms with Crippen molar-refractivity contribution in [3.63, 3.8) is 0 Å². The van der Waals surface area contributed by atoms with Crippen molar-refractivity contribution in [2.45, 2.75) is 26.8 Å². The molecule has 6 heteroatoms. The topological polar surface area (TPSA) is 50.4 Å². The van der Waals surface area contributed by atoms with E-state index >= 15 is 0 Å². The number of allylic oxidation sites excluding steroid dienone is 1. The molecule has 0 saturated heterocycles. The van der Waals surface area contributed by atoms with Gasteiger partial charge in [0.15, 0.2) is 5.11 Å². The van der Waals surface area contributed by atoms with E-state index in [1.807, 2.05) is 32.0 Å². The van der Waals surface area contributed by atoms with Crippen LogP contribution in [0.3, 0.4) is 0 Å². The molecule has 0 bridgehead atoms. The number of halogens is 1. The highest BCUT2D eigenvalue weighted by Gasteiger charge is 2.30. The summed E-state index contributed by atoms with van der Waals surface area (Å²) in [5, 5.41) is 6.62. The lowest BCUT2D eigenvalue weighted by Crippen LogP contribution is -2.45. The summed E-state index contributed by atoms with van der Waals surface area (Å²) < 4.78 is 6.15. The normalized spacial score (nSPS) is 18.1. The molecule has 0 aromatic heterocycles. The molecule has 0 fully saturated rings. The van der Waals surface area contributed by atoms with E-state index in [-0.39, 0.29) is 12.0 Å². The van der Waals surface area contributed by atoms with Gasteiger partial charge in [0.25, 0.3) is 0 Å². The number of ether oxygens (including phenoxy) is 1. The van der Waals surface area contributed by atoms with Gasteiger partial charge in [0.05, 0.1) is 18.2 Å². The van der Waals surface area contributed by atoms with Gasteiger partial charge >= 0.3 is 5.97 Å². The molecule has 2 N–H and O–H groups in total. The molecule has 0 unspecified atom stereocenters. The standard InChI is InChI=1S/C15H17BrN2O2S/c1-4-20-14(19)12-9(3)17-15(21)18-13(12)10-6-5-8(2)11(16)7-10/h5-7,13H,4H2,1-3H3,(H2,17,18,21)/t13-/m0/s1. The lowest BCUT2D eigenvalue weighted by molar-refractivity contribution is -0.139. The number of aryl methyl sites for hydroxylation is 1. The number of rotatable bonds is 3. The molecule has 0 radical (unpaired) electrons. The van der Waals surface area contributed by atoms with Crippen LogP contribution in [-0.2, 0) is 9.53 Å². The summed E-state index contributed by atoms with van der Waals surface area (Å²) >= 11 is 8.72. The zero-order chi connectivity index (χ0) is 15.6. The van der Waals surface area contributed by atoms with E-state index in [0.29, 0.717) is 17.3 Å². The summed E-state index contributed by atoms with van der Waals surface area (Å²) in [7, 11) is 0. The van der Waals surface area contributed by atoms with E-state index in [9.17, 15) is 4.79 Å². The van der Waals surface area contributed by atoms with Crippen molar-refractivity contribution < 1.29 is 9.53 Å². The average molecular weight is 369 g/mol. The SMILES string of the molecule is CCOC(=O)C1=C(C)NC(=S)N[C@H]1c1ccc(C)c(Br)c1. The Morgan fingerprint density at radius 1 is 1.43 bits per heavy atom. The van der Waals surface area contributed by atoms with Crippen LogP contribution in [0.4, 0.5) is 0 Å². The van der Waals surface area contributed by atoms with Crippen LogP contribution in [0.2, 0.25) is 0 Å². The Morgan fingerprint density at radius 2 is 2.14 bits per heavy atom. The van der Waals surface area contributed by atoms with Crippen molar-refractivity contribution in [1.29, 1.82) is 0 Å². The van der Waals surface area contributed by atoms with Gasteiger partial charge in [-0.15, -0.1) is 0 Å². The van der Waals surface area contributed by atoms with Crippen molar-refractivity contribution in [2.24, 2.45) is 0 Å². The molecule has 1 aliphatic rings. The molecule has 1 aromatic rings. The molecule has 1 heterocycles. The number of benzene rings is 1. The number of nitrogens with one attached hydrogen (secondary N) is 2. The fraction of sp³-hybridized carbons (Fsp3) is 0.333. The molecular weight excluding hydrogens is 352 g/mol. The molecular formula is C15H17BrN2O2S. The fourth-order valence-electron chi connectivity index (χ4n) is 2.21. The Labute approximate surface area is 138 Å². The highest BCUT2D eigenvalue weighted by atomic mass is 79.9. The van der Waals surface area contributed by atoms with Crippen molar-refractivity contribution in [3.05, 3.63) is 45.1 Å². The zero-order valence-corrected chi connectivity index (χ0v) is 14.5. The third kappa shape index (κ3) is 3.44. The Morgan fingerprint density at radius 3 is 2.76 bits per heavy atom. The molecule has 1 atom stereocenters. The van der Waals surface area contributed by atoms with E-state index in [0.717, 1.165) is 21.3 Å². The Bertz CT molecular complexity index is 628. The van der Waals surface area contributed by atoms with E-state index in [2.05, 4.69) is 26.6 Å². The van der Waals surface area contributed by atoms with Crippen LogP contribution in [0, 0.1) is 6.92 Å². The predicted octanol–water partition coefficient (Wildman–Crippen LogP) is 3.11. The molecule has 0 aliphatic carbocycles. The Balaban J connectivity index is 2.46. The van der Waals surface area contributed by atoms with Gasteiger partial charge in [0.1, 0.15) is 0 Å². The molecule has 112 valence electrons. The molecule has 1 aliphatic heterocycles. The van der Waals surface area contributed by atoms with Gasteiger partial charge in [-0.05, 0) is 50.2 Å². The molecule has 21 heavy (non-hydrogen) atoms. The minimum absolute atomic E-state index is 0.310. The minimum atomic E-state index is -0.334. The van der Waals surface area contributed by atoms with Gasteiger partial charge < -0.3 is 15.4 Å². The van der Waals surface area contributed by atoms with Gasteiger partial charge in [-0.25, -0.2) is 4.79 Å². The fourth-order valence-corrected chi connectivity index (χ4v) is 2.88. The maximum Gasteiger partial charge on any atom is 0.338 e. The maximum atomic E-state index is 12.2. The summed E-state index contributed by atoms with van der Waals surface area (Å²) in [6.07, 6.45) is 0. The molecule has 0 spiro atoms. The number of thiocarbonyl (C=S) groups is 1. The summed E-state index contributed by atoms with van der Waals surface area (Å²) in [4.78, 5) is 12.2. The average Bonchev–Trinajstić information content (AvgIpc) is 2.41. The first-order chi connectivity index (χ1) is 9.93. The van der Waals surface area contributed by atoms with Crippen molar-refractivity contribution in [1.82, 2.24) is 10.6 Å². The third-order valence-corrected chi connectivity index (χ3v) is 4.37. The highest BCUT2D eigenvalue weighted by molar-refractivity contribution is 9.10. The smallest absolute Gasteiger partial charge is 0.338 e. The first-order valence-corrected chi connectivity index (χ1v) is 7.85. The van der Waals surface area contributed by atoms with Gasteiger partial charge in [-0.2, -0.15) is 0 Å². The highest BCUT2D eigenvalue weighted by Crippen LogP contribution is 2.30. The minimum Gasteiger partial charge on any atom is -0.463 e. The van der Waals surface area contributed by atoms with Crippen LogP contribution >= 0.6 is 28.1 Å². The first-order valence-electron chi connectivity index (χ1n) is 6.65. The Hall–Kier alpha value is -1.40. The van der Waals surface area contributed by atoms with Gasteiger partial charge in [0, 0.05) is 10.2 Å². The number of carbonyl (C=O) groups is 1. The molecule has 2 rings (SSSR count). The van der Waals surface area contributed by atoms with Crippen molar-refractivity contribution >= 4 is 39.2 Å². The number of hydrogen-bond acceptors (Lipinski definition) is 3. The van der Waals surface area contributed by atoms with E-state index < -0.39 is 0 Å². The van der Waals surface area contributed by atoms with Crippen LogP contribution in [0.15, 0.2) is 33.9 Å². The van der Waals surface area contributed by atoms with Crippen molar-refractivity contribution in [3.8, 4) is 0 Å². The molecule has 4 nitrogen and oxygen atoms in total. The van der Waals surface area contributed by atoms with Gasteiger partial charge in [-0.3, -0.25) is 0 Å².